The van der Waals surface area contributed by atoms with E-state index in [1.807, 2.05) is 30.3 Å². The molecule has 0 fully saturated rings. The van der Waals surface area contributed by atoms with Crippen LogP contribution in [0.1, 0.15) is 54.7 Å². The van der Waals surface area contributed by atoms with E-state index in [1.165, 1.54) is 5.56 Å². The molecule has 0 radical (unpaired) electrons. The van der Waals surface area contributed by atoms with Gasteiger partial charge in [-0.15, -0.1) is 0 Å². The number of nitrogens with zero attached hydrogens (tertiary/aromatic N) is 2. The SMILES string of the molecule is Cc1ccc(C2=NC(C)(C)CN2CC(C)c2oc3cc(Cl)ccc3c(=O)c2Cc2ccccc2)cc1. The van der Waals surface area contributed by atoms with Crippen molar-refractivity contribution in [1.29, 1.82) is 0 Å². The molecule has 0 bridgehead atoms. The average Bonchev–Trinajstić information content (AvgIpc) is 3.15. The third-order valence-electron chi connectivity index (χ3n) is 6.74. The van der Waals surface area contributed by atoms with Crippen molar-refractivity contribution in [3.8, 4) is 0 Å². The largest absolute Gasteiger partial charge is 0.460 e. The Hall–Kier alpha value is -3.37. The van der Waals surface area contributed by atoms with Gasteiger partial charge in [-0.3, -0.25) is 9.79 Å². The molecule has 1 unspecified atom stereocenters. The quantitative estimate of drug-likeness (QED) is 0.288. The van der Waals surface area contributed by atoms with Gasteiger partial charge in [0.05, 0.1) is 10.9 Å². The van der Waals surface area contributed by atoms with Crippen LogP contribution in [0.4, 0.5) is 0 Å². The fourth-order valence-electron chi connectivity index (χ4n) is 5.04. The number of benzene rings is 3. The Labute approximate surface area is 217 Å². The molecule has 1 aliphatic rings. The molecule has 0 aliphatic carbocycles. The fourth-order valence-corrected chi connectivity index (χ4v) is 5.20. The molecule has 3 aromatic carbocycles. The zero-order valence-corrected chi connectivity index (χ0v) is 22.0. The molecular formula is C31H31ClN2O2. The highest BCUT2D eigenvalue weighted by molar-refractivity contribution is 6.31. The lowest BCUT2D eigenvalue weighted by Gasteiger charge is -2.27. The summed E-state index contributed by atoms with van der Waals surface area (Å²) in [7, 11) is 0. The minimum atomic E-state index is -0.190. The molecule has 5 rings (SSSR count). The number of hydrogen-bond donors (Lipinski definition) is 0. The van der Waals surface area contributed by atoms with Crippen molar-refractivity contribution < 1.29 is 4.42 Å². The lowest BCUT2D eigenvalue weighted by atomic mass is 9.95. The number of aliphatic imine (C=N–C) groups is 1. The summed E-state index contributed by atoms with van der Waals surface area (Å²) >= 11 is 6.25. The van der Waals surface area contributed by atoms with Gasteiger partial charge in [0.1, 0.15) is 17.2 Å². The first-order chi connectivity index (χ1) is 17.2. The van der Waals surface area contributed by atoms with Crippen molar-refractivity contribution in [3.63, 3.8) is 0 Å². The van der Waals surface area contributed by atoms with Crippen LogP contribution in [0.5, 0.6) is 0 Å². The Bertz CT molecular complexity index is 1490. The summed E-state index contributed by atoms with van der Waals surface area (Å²) < 4.78 is 6.46. The Morgan fingerprint density at radius 2 is 1.78 bits per heavy atom. The third kappa shape index (κ3) is 4.96. The van der Waals surface area contributed by atoms with Gasteiger partial charge in [0.25, 0.3) is 0 Å². The van der Waals surface area contributed by atoms with Crippen molar-refractivity contribution in [3.05, 3.63) is 116 Å². The van der Waals surface area contributed by atoms with E-state index >= 15 is 0 Å². The lowest BCUT2D eigenvalue weighted by Crippen LogP contribution is -2.36. The van der Waals surface area contributed by atoms with Crippen molar-refractivity contribution in [1.82, 2.24) is 4.90 Å². The first-order valence-electron chi connectivity index (χ1n) is 12.4. The minimum Gasteiger partial charge on any atom is -0.460 e. The van der Waals surface area contributed by atoms with Gasteiger partial charge < -0.3 is 9.32 Å². The van der Waals surface area contributed by atoms with Crippen molar-refractivity contribution in [2.45, 2.75) is 45.6 Å². The predicted molar refractivity (Wildman–Crippen MR) is 149 cm³/mol. The summed E-state index contributed by atoms with van der Waals surface area (Å²) in [5.41, 5.74) is 4.46. The Balaban J connectivity index is 1.55. The van der Waals surface area contributed by atoms with Crippen LogP contribution in [0.25, 0.3) is 11.0 Å². The lowest BCUT2D eigenvalue weighted by molar-refractivity contribution is 0.340. The van der Waals surface area contributed by atoms with Crippen LogP contribution in [-0.4, -0.2) is 29.4 Å². The van der Waals surface area contributed by atoms with E-state index in [-0.39, 0.29) is 16.9 Å². The number of aryl methyl sites for hydroxylation is 1. The zero-order valence-electron chi connectivity index (χ0n) is 21.2. The number of hydrogen-bond acceptors (Lipinski definition) is 4. The van der Waals surface area contributed by atoms with Gasteiger partial charge in [0.2, 0.25) is 0 Å². The summed E-state index contributed by atoms with van der Waals surface area (Å²) in [6.07, 6.45) is 0.520. The van der Waals surface area contributed by atoms with Gasteiger partial charge in [-0.1, -0.05) is 78.7 Å². The van der Waals surface area contributed by atoms with Gasteiger partial charge in [0, 0.05) is 47.6 Å². The van der Waals surface area contributed by atoms with Crippen LogP contribution >= 0.6 is 11.6 Å². The summed E-state index contributed by atoms with van der Waals surface area (Å²) in [4.78, 5) is 21.1. The number of halogens is 1. The maximum atomic E-state index is 13.7. The van der Waals surface area contributed by atoms with Gasteiger partial charge >= 0.3 is 0 Å². The fraction of sp³-hybridized carbons (Fsp3) is 0.290. The molecule has 1 atom stereocenters. The first kappa shape index (κ1) is 24.3. The number of fused-ring (bicyclic) bond motifs is 1. The van der Waals surface area contributed by atoms with Gasteiger partial charge in [-0.25, -0.2) is 0 Å². The standard InChI is InChI=1S/C31H31ClN2O2/c1-20-10-12-23(13-11-20)30-33-31(3,4)19-34(30)18-21(2)29-26(16-22-8-6-5-7-9-22)28(35)25-15-14-24(32)17-27(25)36-29/h5-15,17,21H,16,18-19H2,1-4H3. The maximum Gasteiger partial charge on any atom is 0.196 e. The molecule has 184 valence electrons. The molecule has 0 N–H and O–H groups in total. The second-order valence-electron chi connectivity index (χ2n) is 10.5. The van der Waals surface area contributed by atoms with Crippen molar-refractivity contribution in [2.24, 2.45) is 4.99 Å². The zero-order chi connectivity index (χ0) is 25.4. The van der Waals surface area contributed by atoms with Crippen LogP contribution in [0.3, 0.4) is 0 Å². The maximum absolute atomic E-state index is 13.7. The molecule has 0 spiro atoms. The molecule has 4 aromatic rings. The van der Waals surface area contributed by atoms with Gasteiger partial charge in [-0.05, 0) is 38.5 Å². The molecule has 1 aromatic heterocycles. The Morgan fingerprint density at radius 1 is 1.06 bits per heavy atom. The van der Waals surface area contributed by atoms with Gasteiger partial charge in [-0.2, -0.15) is 0 Å². The smallest absolute Gasteiger partial charge is 0.196 e. The predicted octanol–water partition coefficient (Wildman–Crippen LogP) is 6.99. The van der Waals surface area contributed by atoms with E-state index in [0.717, 1.165) is 23.5 Å². The molecule has 36 heavy (non-hydrogen) atoms. The van der Waals surface area contributed by atoms with Gasteiger partial charge in [0.15, 0.2) is 5.43 Å². The highest BCUT2D eigenvalue weighted by Crippen LogP contribution is 2.30. The first-order valence-corrected chi connectivity index (χ1v) is 12.8. The van der Waals surface area contributed by atoms with E-state index in [0.29, 0.717) is 40.3 Å². The van der Waals surface area contributed by atoms with Crippen LogP contribution in [0.15, 0.2) is 87.0 Å². The highest BCUT2D eigenvalue weighted by Gasteiger charge is 2.33. The summed E-state index contributed by atoms with van der Waals surface area (Å²) in [6.45, 7) is 10.0. The Morgan fingerprint density at radius 3 is 2.50 bits per heavy atom. The summed E-state index contributed by atoms with van der Waals surface area (Å²) in [6, 6.07) is 23.8. The topological polar surface area (TPSA) is 45.8 Å². The molecule has 1 aliphatic heterocycles. The van der Waals surface area contributed by atoms with E-state index < -0.39 is 0 Å². The number of amidine groups is 1. The summed E-state index contributed by atoms with van der Waals surface area (Å²) in [5.74, 6) is 1.67. The minimum absolute atomic E-state index is 0.00722. The van der Waals surface area contributed by atoms with Crippen LogP contribution in [0, 0.1) is 6.92 Å². The van der Waals surface area contributed by atoms with E-state index in [4.69, 9.17) is 21.0 Å². The van der Waals surface area contributed by atoms with E-state index in [9.17, 15) is 4.79 Å². The molecule has 4 nitrogen and oxygen atoms in total. The molecular weight excluding hydrogens is 468 g/mol. The molecule has 0 amide bonds. The highest BCUT2D eigenvalue weighted by atomic mass is 35.5. The third-order valence-corrected chi connectivity index (χ3v) is 6.98. The molecule has 2 heterocycles. The molecule has 0 saturated heterocycles. The van der Waals surface area contributed by atoms with Crippen LogP contribution in [0.2, 0.25) is 5.02 Å². The average molecular weight is 499 g/mol. The van der Waals surface area contributed by atoms with Crippen LogP contribution < -0.4 is 5.43 Å². The monoisotopic (exact) mass is 498 g/mol. The van der Waals surface area contributed by atoms with E-state index in [1.54, 1.807) is 18.2 Å². The van der Waals surface area contributed by atoms with E-state index in [2.05, 4.69) is 56.9 Å². The van der Waals surface area contributed by atoms with Crippen molar-refractivity contribution >= 4 is 28.4 Å². The second kappa shape index (κ2) is 9.59. The summed E-state index contributed by atoms with van der Waals surface area (Å²) in [5, 5.41) is 1.11. The normalized spacial score (nSPS) is 15.8. The van der Waals surface area contributed by atoms with Crippen molar-refractivity contribution in [2.75, 3.05) is 13.1 Å². The Kier molecular flexibility index (Phi) is 6.48. The molecule has 0 saturated carbocycles. The number of rotatable bonds is 6. The van der Waals surface area contributed by atoms with Crippen LogP contribution in [-0.2, 0) is 6.42 Å². The second-order valence-corrected chi connectivity index (χ2v) is 10.9. The molecule has 5 heteroatoms.